The molecule has 23 heavy (non-hydrogen) atoms. The van der Waals surface area contributed by atoms with Crippen molar-refractivity contribution in [2.24, 2.45) is 0 Å². The van der Waals surface area contributed by atoms with Crippen LogP contribution in [0.2, 0.25) is 5.02 Å². The highest BCUT2D eigenvalue weighted by atomic mass is 35.5. The predicted octanol–water partition coefficient (Wildman–Crippen LogP) is 3.57. The van der Waals surface area contributed by atoms with Crippen LogP contribution in [-0.4, -0.2) is 20.1 Å². The van der Waals surface area contributed by atoms with Crippen LogP contribution in [0.5, 0.6) is 0 Å². The average molecular weight is 368 g/mol. The van der Waals surface area contributed by atoms with Gasteiger partial charge in [0, 0.05) is 6.54 Å². The first-order valence-corrected chi connectivity index (χ1v) is 9.61. The topological polar surface area (TPSA) is 66.4 Å². The molecule has 1 heterocycles. The van der Waals surface area contributed by atoms with E-state index in [2.05, 4.69) is 4.72 Å². The molecule has 0 fully saturated rings. The van der Waals surface area contributed by atoms with Crippen molar-refractivity contribution in [3.63, 3.8) is 0 Å². The third kappa shape index (κ3) is 3.41. The number of sulfonamides is 1. The number of benzene rings is 2. The summed E-state index contributed by atoms with van der Waals surface area (Å²) >= 11 is 6.91. The van der Waals surface area contributed by atoms with E-state index >= 15 is 0 Å². The van der Waals surface area contributed by atoms with Gasteiger partial charge in [-0.05, 0) is 27.8 Å². The summed E-state index contributed by atoms with van der Waals surface area (Å²) in [5.74, 6) is 0. The first-order valence-electron chi connectivity index (χ1n) is 6.87. The summed E-state index contributed by atoms with van der Waals surface area (Å²) in [5.41, 5.74) is 0.683. The number of hydrogen-bond donors (Lipinski definition) is 2. The predicted molar refractivity (Wildman–Crippen MR) is 93.4 cm³/mol. The summed E-state index contributed by atoms with van der Waals surface area (Å²) in [7, 11) is -3.73. The van der Waals surface area contributed by atoms with E-state index in [0.29, 0.717) is 5.56 Å². The lowest BCUT2D eigenvalue weighted by Crippen LogP contribution is -2.28. The second kappa shape index (κ2) is 6.59. The van der Waals surface area contributed by atoms with Crippen LogP contribution in [0.1, 0.15) is 11.7 Å². The van der Waals surface area contributed by atoms with Gasteiger partial charge in [-0.25, -0.2) is 13.1 Å². The quantitative estimate of drug-likeness (QED) is 0.724. The first-order chi connectivity index (χ1) is 11.0. The summed E-state index contributed by atoms with van der Waals surface area (Å²) < 4.78 is 26.9. The third-order valence-electron chi connectivity index (χ3n) is 3.48. The lowest BCUT2D eigenvalue weighted by molar-refractivity contribution is 0.183. The van der Waals surface area contributed by atoms with Crippen molar-refractivity contribution in [2.45, 2.75) is 10.3 Å². The Hall–Kier alpha value is -1.44. The van der Waals surface area contributed by atoms with Gasteiger partial charge >= 0.3 is 0 Å². The van der Waals surface area contributed by atoms with Gasteiger partial charge in [-0.1, -0.05) is 54.1 Å². The number of halogens is 1. The second-order valence-electron chi connectivity index (χ2n) is 4.99. The molecule has 1 unspecified atom stereocenters. The van der Waals surface area contributed by atoms with Gasteiger partial charge in [0.1, 0.15) is 0 Å². The fourth-order valence-electron chi connectivity index (χ4n) is 2.38. The fraction of sp³-hybridized carbons (Fsp3) is 0.125. The molecule has 0 spiro atoms. The van der Waals surface area contributed by atoms with Crippen molar-refractivity contribution < 1.29 is 13.5 Å². The minimum atomic E-state index is -3.73. The maximum atomic E-state index is 12.2. The van der Waals surface area contributed by atoms with Gasteiger partial charge in [-0.3, -0.25) is 0 Å². The Morgan fingerprint density at radius 3 is 2.61 bits per heavy atom. The summed E-state index contributed by atoms with van der Waals surface area (Å²) in [4.78, 5) is 0. The average Bonchev–Trinajstić information content (AvgIpc) is 2.99. The maximum Gasteiger partial charge on any atom is 0.251 e. The molecule has 120 valence electrons. The molecule has 0 saturated heterocycles. The molecule has 0 aliphatic rings. The largest absolute Gasteiger partial charge is 0.387 e. The number of aliphatic hydroxyl groups is 1. The minimum Gasteiger partial charge on any atom is -0.387 e. The third-order valence-corrected chi connectivity index (χ3v) is 6.92. The molecule has 0 saturated carbocycles. The van der Waals surface area contributed by atoms with E-state index in [0.717, 1.165) is 22.1 Å². The van der Waals surface area contributed by atoms with Crippen LogP contribution in [0.4, 0.5) is 0 Å². The van der Waals surface area contributed by atoms with Crippen molar-refractivity contribution in [1.82, 2.24) is 4.72 Å². The molecule has 2 N–H and O–H groups in total. The zero-order chi connectivity index (χ0) is 16.4. The summed E-state index contributed by atoms with van der Waals surface area (Å²) in [5, 5.41) is 14.1. The lowest BCUT2D eigenvalue weighted by atomic mass is 10.0. The smallest absolute Gasteiger partial charge is 0.251 e. The molecular weight excluding hydrogens is 354 g/mol. The molecule has 0 amide bonds. The van der Waals surface area contributed by atoms with Gasteiger partial charge < -0.3 is 5.11 Å². The van der Waals surface area contributed by atoms with Gasteiger partial charge in [0.2, 0.25) is 0 Å². The van der Waals surface area contributed by atoms with Crippen molar-refractivity contribution in [3.8, 4) is 0 Å². The van der Waals surface area contributed by atoms with Crippen molar-refractivity contribution in [2.75, 3.05) is 6.54 Å². The normalized spacial score (nSPS) is 13.3. The number of aliphatic hydroxyl groups excluding tert-OH is 1. The Labute approximate surface area is 143 Å². The summed E-state index contributed by atoms with van der Waals surface area (Å²) in [6, 6.07) is 14.8. The van der Waals surface area contributed by atoms with Crippen LogP contribution in [0, 0.1) is 0 Å². The lowest BCUT2D eigenvalue weighted by Gasteiger charge is -2.14. The van der Waals surface area contributed by atoms with Crippen LogP contribution < -0.4 is 4.72 Å². The standard InChI is InChI=1S/C16H14ClNO3S2/c17-14-8-9-22-16(14)23(20,21)18-10-15(19)13-7-3-5-11-4-1-2-6-12(11)13/h1-9,15,18-19H,10H2. The van der Waals surface area contributed by atoms with Crippen LogP contribution in [0.15, 0.2) is 58.1 Å². The van der Waals surface area contributed by atoms with Gasteiger partial charge in [0.15, 0.2) is 4.21 Å². The highest BCUT2D eigenvalue weighted by molar-refractivity contribution is 7.91. The van der Waals surface area contributed by atoms with E-state index in [-0.39, 0.29) is 15.8 Å². The van der Waals surface area contributed by atoms with Gasteiger partial charge in [-0.2, -0.15) is 0 Å². The number of rotatable bonds is 5. The van der Waals surface area contributed by atoms with Crippen molar-refractivity contribution in [1.29, 1.82) is 0 Å². The van der Waals surface area contributed by atoms with Crippen LogP contribution in [-0.2, 0) is 10.0 Å². The van der Waals surface area contributed by atoms with Gasteiger partial charge in [0.25, 0.3) is 10.0 Å². The number of nitrogens with one attached hydrogen (secondary N) is 1. The Balaban J connectivity index is 1.82. The van der Waals surface area contributed by atoms with E-state index in [1.54, 1.807) is 11.4 Å². The number of thiophene rings is 1. The van der Waals surface area contributed by atoms with Crippen LogP contribution >= 0.6 is 22.9 Å². The Kier molecular flexibility index (Phi) is 4.70. The molecule has 3 aromatic rings. The first kappa shape index (κ1) is 16.4. The monoisotopic (exact) mass is 367 g/mol. The highest BCUT2D eigenvalue weighted by Crippen LogP contribution is 2.28. The summed E-state index contributed by atoms with van der Waals surface area (Å²) in [6.07, 6.45) is -0.949. The SMILES string of the molecule is O=S(=O)(NCC(O)c1cccc2ccccc12)c1sccc1Cl. The molecule has 0 aliphatic carbocycles. The maximum absolute atomic E-state index is 12.2. The van der Waals surface area contributed by atoms with E-state index in [9.17, 15) is 13.5 Å². The van der Waals surface area contributed by atoms with Crippen LogP contribution in [0.3, 0.4) is 0 Å². The fourth-order valence-corrected chi connectivity index (χ4v) is 5.14. The Morgan fingerprint density at radius 2 is 1.87 bits per heavy atom. The number of fused-ring (bicyclic) bond motifs is 1. The summed E-state index contributed by atoms with van der Waals surface area (Å²) in [6.45, 7) is -0.120. The minimum absolute atomic E-state index is 0.0595. The molecule has 0 bridgehead atoms. The van der Waals surface area contributed by atoms with Gasteiger partial charge in [-0.15, -0.1) is 11.3 Å². The van der Waals surface area contributed by atoms with Crippen LogP contribution in [0.25, 0.3) is 10.8 Å². The molecule has 1 aromatic heterocycles. The van der Waals surface area contributed by atoms with E-state index in [1.807, 2.05) is 36.4 Å². The molecular formula is C16H14ClNO3S2. The van der Waals surface area contributed by atoms with Crippen molar-refractivity contribution >= 4 is 43.7 Å². The zero-order valence-corrected chi connectivity index (χ0v) is 14.3. The van der Waals surface area contributed by atoms with Crippen molar-refractivity contribution in [3.05, 3.63) is 64.5 Å². The van der Waals surface area contributed by atoms with E-state index in [4.69, 9.17) is 11.6 Å². The molecule has 2 aromatic carbocycles. The van der Waals surface area contributed by atoms with E-state index < -0.39 is 16.1 Å². The van der Waals surface area contributed by atoms with E-state index in [1.165, 1.54) is 6.07 Å². The number of hydrogen-bond acceptors (Lipinski definition) is 4. The second-order valence-corrected chi connectivity index (χ2v) is 8.28. The van der Waals surface area contributed by atoms with Gasteiger partial charge in [0.05, 0.1) is 11.1 Å². The Bertz CT molecular complexity index is 932. The molecule has 3 rings (SSSR count). The molecule has 7 heteroatoms. The molecule has 0 aliphatic heterocycles. The highest BCUT2D eigenvalue weighted by Gasteiger charge is 2.21. The molecule has 1 atom stereocenters. The zero-order valence-electron chi connectivity index (χ0n) is 11.9. The molecule has 0 radical (unpaired) electrons. The molecule has 4 nitrogen and oxygen atoms in total. The Morgan fingerprint density at radius 1 is 1.13 bits per heavy atom.